The van der Waals surface area contributed by atoms with Crippen molar-refractivity contribution >= 4 is 16.4 Å². The number of hydrogen-bond acceptors (Lipinski definition) is 5. The topological polar surface area (TPSA) is 89.9 Å². The third kappa shape index (κ3) is 21.2. The highest BCUT2D eigenvalue weighted by Gasteiger charge is 2.16. The van der Waals surface area contributed by atoms with E-state index >= 15 is 0 Å². The average Bonchev–Trinajstić information content (AvgIpc) is 2.56. The Balaban J connectivity index is 3.41. The summed E-state index contributed by atoms with van der Waals surface area (Å²) in [7, 11) is -4.55. The molecule has 0 saturated heterocycles. The van der Waals surface area contributed by atoms with E-state index < -0.39 is 22.5 Å². The van der Waals surface area contributed by atoms with E-state index in [4.69, 9.17) is 9.29 Å². The van der Waals surface area contributed by atoms with Crippen LogP contribution in [0.4, 0.5) is 0 Å². The van der Waals surface area contributed by atoms with Crippen LogP contribution in [-0.2, 0) is 24.1 Å². The van der Waals surface area contributed by atoms with Gasteiger partial charge in [-0.2, -0.15) is 8.42 Å². The van der Waals surface area contributed by atoms with Gasteiger partial charge in [-0.25, -0.2) is 4.18 Å². The van der Waals surface area contributed by atoms with Gasteiger partial charge in [0.25, 0.3) is 0 Å². The van der Waals surface area contributed by atoms with Gasteiger partial charge in [0.05, 0.1) is 18.8 Å². The number of allylic oxidation sites excluding steroid dienone is 1. The summed E-state index contributed by atoms with van der Waals surface area (Å²) in [5.74, 6) is -0.600. The van der Waals surface area contributed by atoms with Crippen molar-refractivity contribution in [1.82, 2.24) is 0 Å². The zero-order valence-electron chi connectivity index (χ0n) is 17.0. The first kappa shape index (κ1) is 26.1. The van der Waals surface area contributed by atoms with Gasteiger partial charge in [-0.05, 0) is 25.8 Å². The molecule has 0 bridgehead atoms. The molecule has 0 rings (SSSR count). The zero-order chi connectivity index (χ0) is 20.4. The van der Waals surface area contributed by atoms with Crippen LogP contribution < -0.4 is 0 Å². The van der Waals surface area contributed by atoms with Crippen LogP contribution in [0.15, 0.2) is 12.3 Å². The smallest absolute Gasteiger partial charge is 0.397 e. The molecule has 0 aromatic carbocycles. The molecule has 0 spiro atoms. The minimum absolute atomic E-state index is 0.247. The summed E-state index contributed by atoms with van der Waals surface area (Å²) in [6.45, 7) is 3.61. The van der Waals surface area contributed by atoms with Crippen molar-refractivity contribution in [2.75, 3.05) is 0 Å². The summed E-state index contributed by atoms with van der Waals surface area (Å²) in [5.41, 5.74) is 0. The number of carbonyl (C=O) groups excluding carboxylic acids is 1. The third-order valence-electron chi connectivity index (χ3n) is 4.26. The molecular weight excluding hydrogens is 368 g/mol. The van der Waals surface area contributed by atoms with Gasteiger partial charge in [0, 0.05) is 0 Å². The van der Waals surface area contributed by atoms with E-state index in [-0.39, 0.29) is 6.42 Å². The minimum atomic E-state index is -4.55. The molecule has 6 nitrogen and oxygen atoms in total. The van der Waals surface area contributed by atoms with Crippen molar-refractivity contribution in [2.45, 2.75) is 110 Å². The van der Waals surface area contributed by atoms with E-state index in [9.17, 15) is 13.2 Å². The lowest BCUT2D eigenvalue weighted by atomic mass is 10.0. The minimum Gasteiger partial charge on any atom is -0.435 e. The van der Waals surface area contributed by atoms with Gasteiger partial charge in [0.2, 0.25) is 0 Å². The van der Waals surface area contributed by atoms with Crippen LogP contribution >= 0.6 is 0 Å². The summed E-state index contributed by atoms with van der Waals surface area (Å²) in [6.07, 6.45) is 18.4. The number of hydrogen-bond donors (Lipinski definition) is 1. The van der Waals surface area contributed by atoms with Crippen LogP contribution in [0.25, 0.3) is 0 Å². The van der Waals surface area contributed by atoms with Crippen LogP contribution in [-0.4, -0.2) is 25.0 Å². The highest BCUT2D eigenvalue weighted by atomic mass is 32.3. The Bertz CT molecular complexity index is 487. The van der Waals surface area contributed by atoms with Gasteiger partial charge in [-0.3, -0.25) is 9.35 Å². The highest BCUT2D eigenvalue weighted by molar-refractivity contribution is 7.80. The number of esters is 1. The lowest BCUT2D eigenvalue weighted by Crippen LogP contribution is -2.18. The van der Waals surface area contributed by atoms with Crippen LogP contribution in [0.1, 0.15) is 104 Å². The molecule has 0 aromatic heterocycles. The molecule has 0 aliphatic rings. The number of carbonyl (C=O) groups is 1. The van der Waals surface area contributed by atoms with E-state index in [1.54, 1.807) is 6.08 Å². The van der Waals surface area contributed by atoms with Crippen molar-refractivity contribution < 1.29 is 26.7 Å². The molecule has 0 aromatic rings. The Labute approximate surface area is 165 Å². The van der Waals surface area contributed by atoms with Gasteiger partial charge in [-0.1, -0.05) is 77.6 Å². The number of rotatable bonds is 18. The Hall–Kier alpha value is -0.920. The maximum absolute atomic E-state index is 11.4. The molecule has 7 heteroatoms. The maximum atomic E-state index is 11.4. The molecule has 1 unspecified atom stereocenters. The second-order valence-electron chi connectivity index (χ2n) is 7.08. The van der Waals surface area contributed by atoms with Crippen molar-refractivity contribution in [3.8, 4) is 0 Å². The Morgan fingerprint density at radius 3 is 1.89 bits per heavy atom. The lowest BCUT2D eigenvalue weighted by Gasteiger charge is -2.07. The first-order valence-electron chi connectivity index (χ1n) is 10.4. The molecule has 0 radical (unpaired) electrons. The molecule has 0 fully saturated rings. The Morgan fingerprint density at radius 2 is 1.41 bits per heavy atom. The Kier molecular flexibility index (Phi) is 16.6. The van der Waals surface area contributed by atoms with E-state index in [0.29, 0.717) is 0 Å². The summed E-state index contributed by atoms with van der Waals surface area (Å²) >= 11 is 0. The molecule has 0 aliphatic carbocycles. The van der Waals surface area contributed by atoms with Gasteiger partial charge in [-0.15, -0.1) is 0 Å². The zero-order valence-corrected chi connectivity index (χ0v) is 17.8. The molecule has 0 aliphatic heterocycles. The first-order chi connectivity index (χ1) is 12.8. The van der Waals surface area contributed by atoms with Crippen molar-refractivity contribution in [3.05, 3.63) is 12.3 Å². The van der Waals surface area contributed by atoms with Gasteiger partial charge >= 0.3 is 16.4 Å². The SMILES string of the molecule is CCCCCCCCCCCCCCC=COC(=O)CC(C)OS(=O)(=O)O. The fourth-order valence-electron chi connectivity index (χ4n) is 2.82. The van der Waals surface area contributed by atoms with Gasteiger partial charge in [0.1, 0.15) is 0 Å². The van der Waals surface area contributed by atoms with Crippen molar-refractivity contribution in [3.63, 3.8) is 0 Å². The highest BCUT2D eigenvalue weighted by Crippen LogP contribution is 2.12. The first-order valence-corrected chi connectivity index (χ1v) is 11.7. The van der Waals surface area contributed by atoms with Gasteiger partial charge in [0.15, 0.2) is 0 Å². The lowest BCUT2D eigenvalue weighted by molar-refractivity contribution is -0.139. The van der Waals surface area contributed by atoms with Crippen molar-refractivity contribution in [2.24, 2.45) is 0 Å². The second kappa shape index (κ2) is 17.2. The van der Waals surface area contributed by atoms with E-state index in [0.717, 1.165) is 12.8 Å². The largest absolute Gasteiger partial charge is 0.435 e. The molecule has 160 valence electrons. The second-order valence-corrected chi connectivity index (χ2v) is 8.13. The molecule has 1 atom stereocenters. The summed E-state index contributed by atoms with van der Waals surface area (Å²) in [6, 6.07) is 0. The summed E-state index contributed by atoms with van der Waals surface area (Å²) < 4.78 is 38.6. The molecule has 27 heavy (non-hydrogen) atoms. The molecular formula is C20H38O6S. The monoisotopic (exact) mass is 406 g/mol. The average molecular weight is 407 g/mol. The molecule has 0 saturated carbocycles. The van der Waals surface area contributed by atoms with Crippen molar-refractivity contribution in [1.29, 1.82) is 0 Å². The maximum Gasteiger partial charge on any atom is 0.397 e. The molecule has 0 heterocycles. The van der Waals surface area contributed by atoms with Gasteiger partial charge < -0.3 is 4.74 Å². The number of ether oxygens (including phenoxy) is 1. The van der Waals surface area contributed by atoms with Crippen LogP contribution in [0.3, 0.4) is 0 Å². The normalized spacial score (nSPS) is 13.1. The summed E-state index contributed by atoms with van der Waals surface area (Å²) in [4.78, 5) is 11.4. The third-order valence-corrected chi connectivity index (χ3v) is 4.83. The molecule has 1 N–H and O–H groups in total. The quantitative estimate of drug-likeness (QED) is 0.135. The van der Waals surface area contributed by atoms with E-state index in [1.165, 1.54) is 83.8 Å². The van der Waals surface area contributed by atoms with Crippen LogP contribution in [0, 0.1) is 0 Å². The standard InChI is InChI=1S/C20H38O6S/c1-3-4-5-6-7-8-9-10-11-12-13-14-15-16-17-25-20(21)18-19(2)26-27(22,23)24/h16-17,19H,3-15,18H2,1-2H3,(H,22,23,24). The van der Waals surface area contributed by atoms with E-state index in [1.807, 2.05) is 0 Å². The fraction of sp³-hybridized carbons (Fsp3) is 0.850. The van der Waals surface area contributed by atoms with E-state index in [2.05, 4.69) is 11.1 Å². The Morgan fingerprint density at radius 1 is 0.926 bits per heavy atom. The predicted octanol–water partition coefficient (Wildman–Crippen LogP) is 5.73. The fourth-order valence-corrected chi connectivity index (χ4v) is 3.30. The van der Waals surface area contributed by atoms with Crippen LogP contribution in [0.5, 0.6) is 0 Å². The molecule has 0 amide bonds. The van der Waals surface area contributed by atoms with Crippen LogP contribution in [0.2, 0.25) is 0 Å². The summed E-state index contributed by atoms with van der Waals surface area (Å²) in [5, 5.41) is 0. The number of unbranched alkanes of at least 4 members (excludes halogenated alkanes) is 12. The predicted molar refractivity (Wildman–Crippen MR) is 108 cm³/mol.